The number of unbranched alkanes of at least 4 members (excludes halogenated alkanes) is 6. The molecule has 2 rings (SSSR count). The van der Waals surface area contributed by atoms with Crippen molar-refractivity contribution in [3.8, 4) is 29.4 Å². The van der Waals surface area contributed by atoms with Gasteiger partial charge in [0.2, 0.25) is 0 Å². The minimum absolute atomic E-state index is 0.791. The topological polar surface area (TPSA) is 9.23 Å². The predicted octanol–water partition coefficient (Wildman–Crippen LogP) is 6.98. The van der Waals surface area contributed by atoms with Gasteiger partial charge in [-0.2, -0.15) is 0 Å². The van der Waals surface area contributed by atoms with E-state index in [4.69, 9.17) is 4.74 Å². The van der Waals surface area contributed by atoms with Crippen molar-refractivity contribution < 1.29 is 4.74 Å². The maximum Gasteiger partial charge on any atom is 0.119 e. The first-order valence-corrected chi connectivity index (χ1v) is 10.7. The molecule has 0 fully saturated rings. The molecule has 0 saturated heterocycles. The van der Waals surface area contributed by atoms with Crippen LogP contribution in [0, 0.1) is 23.7 Å². The molecule has 0 bridgehead atoms. The standard InChI is InChI=1S/C27H32O/c1-3-5-7-9-10-12-24-13-15-25(16-14-24)17-18-26-19-21-27(22-20-26)28-23-11-8-6-4-2/h13-16,19-22H,3-9,11,23H2,1-2H3. The molecular weight excluding hydrogens is 340 g/mol. The van der Waals surface area contributed by atoms with E-state index in [9.17, 15) is 0 Å². The van der Waals surface area contributed by atoms with Crippen LogP contribution in [-0.4, -0.2) is 6.61 Å². The van der Waals surface area contributed by atoms with Crippen molar-refractivity contribution >= 4 is 0 Å². The summed E-state index contributed by atoms with van der Waals surface area (Å²) in [5.74, 6) is 13.8. The maximum absolute atomic E-state index is 5.78. The largest absolute Gasteiger partial charge is 0.494 e. The van der Waals surface area contributed by atoms with Crippen molar-refractivity contribution in [1.82, 2.24) is 0 Å². The van der Waals surface area contributed by atoms with Gasteiger partial charge >= 0.3 is 0 Å². The van der Waals surface area contributed by atoms with Gasteiger partial charge in [0, 0.05) is 23.1 Å². The van der Waals surface area contributed by atoms with E-state index in [0.717, 1.165) is 41.9 Å². The zero-order valence-electron chi connectivity index (χ0n) is 17.4. The lowest BCUT2D eigenvalue weighted by Crippen LogP contribution is -1.96. The highest BCUT2D eigenvalue weighted by molar-refractivity contribution is 5.46. The Labute approximate surface area is 171 Å². The van der Waals surface area contributed by atoms with Gasteiger partial charge in [-0.25, -0.2) is 0 Å². The van der Waals surface area contributed by atoms with Gasteiger partial charge in [0.05, 0.1) is 6.61 Å². The van der Waals surface area contributed by atoms with Crippen molar-refractivity contribution in [3.05, 3.63) is 65.2 Å². The van der Waals surface area contributed by atoms with Crippen LogP contribution in [0.1, 0.15) is 81.9 Å². The molecule has 0 heterocycles. The molecular formula is C27H32O. The van der Waals surface area contributed by atoms with Gasteiger partial charge in [-0.05, 0) is 61.4 Å². The fraction of sp³-hybridized carbons (Fsp3) is 0.407. The molecule has 0 aliphatic heterocycles. The minimum Gasteiger partial charge on any atom is -0.494 e. The Bertz CT molecular complexity index is 792. The predicted molar refractivity (Wildman–Crippen MR) is 120 cm³/mol. The molecule has 2 aromatic rings. The maximum atomic E-state index is 5.78. The molecule has 2 aromatic carbocycles. The number of rotatable bonds is 9. The SMILES string of the molecule is CCCCCC#Cc1ccc(C#Cc2ccc(OCCCCCC)cc2)cc1. The van der Waals surface area contributed by atoms with Gasteiger partial charge in [-0.1, -0.05) is 69.6 Å². The molecule has 0 amide bonds. The molecule has 146 valence electrons. The highest BCUT2D eigenvalue weighted by atomic mass is 16.5. The number of hydrogen-bond donors (Lipinski definition) is 0. The summed E-state index contributed by atoms with van der Waals surface area (Å²) in [6.07, 6.45) is 9.56. The first-order valence-electron chi connectivity index (χ1n) is 10.7. The summed E-state index contributed by atoms with van der Waals surface area (Å²) in [4.78, 5) is 0. The van der Waals surface area contributed by atoms with Crippen molar-refractivity contribution in [3.63, 3.8) is 0 Å². The highest BCUT2D eigenvalue weighted by Crippen LogP contribution is 2.13. The fourth-order valence-corrected chi connectivity index (χ4v) is 2.76. The molecule has 0 aliphatic rings. The molecule has 0 aromatic heterocycles. The van der Waals surface area contributed by atoms with Crippen LogP contribution in [0.25, 0.3) is 0 Å². The van der Waals surface area contributed by atoms with Gasteiger partial charge in [0.15, 0.2) is 0 Å². The Morgan fingerprint density at radius 3 is 1.75 bits per heavy atom. The second-order valence-corrected chi connectivity index (χ2v) is 7.02. The van der Waals surface area contributed by atoms with Crippen molar-refractivity contribution in [2.45, 2.75) is 65.2 Å². The van der Waals surface area contributed by atoms with Gasteiger partial charge in [-0.15, -0.1) is 0 Å². The first kappa shape index (κ1) is 21.7. The lowest BCUT2D eigenvalue weighted by atomic mass is 10.1. The van der Waals surface area contributed by atoms with E-state index >= 15 is 0 Å². The van der Waals surface area contributed by atoms with Crippen LogP contribution in [0.4, 0.5) is 0 Å². The lowest BCUT2D eigenvalue weighted by molar-refractivity contribution is 0.305. The average Bonchev–Trinajstić information content (AvgIpc) is 2.74. The zero-order chi connectivity index (χ0) is 19.9. The number of hydrogen-bond acceptors (Lipinski definition) is 1. The average molecular weight is 373 g/mol. The van der Waals surface area contributed by atoms with Crippen LogP contribution in [0.5, 0.6) is 5.75 Å². The van der Waals surface area contributed by atoms with E-state index in [-0.39, 0.29) is 0 Å². The summed E-state index contributed by atoms with van der Waals surface area (Å²) in [6, 6.07) is 16.2. The number of ether oxygens (including phenoxy) is 1. The van der Waals surface area contributed by atoms with E-state index < -0.39 is 0 Å². The third-order valence-corrected chi connectivity index (χ3v) is 4.50. The summed E-state index contributed by atoms with van der Waals surface area (Å²) >= 11 is 0. The Hall–Kier alpha value is -2.64. The van der Waals surface area contributed by atoms with E-state index in [2.05, 4.69) is 37.5 Å². The third-order valence-electron chi connectivity index (χ3n) is 4.50. The van der Waals surface area contributed by atoms with E-state index in [1.54, 1.807) is 0 Å². The second kappa shape index (κ2) is 13.5. The van der Waals surface area contributed by atoms with Crippen molar-refractivity contribution in [2.24, 2.45) is 0 Å². The van der Waals surface area contributed by atoms with Crippen LogP contribution < -0.4 is 4.74 Å². The van der Waals surface area contributed by atoms with Gasteiger partial charge in [0.25, 0.3) is 0 Å². The summed E-state index contributed by atoms with van der Waals surface area (Å²) in [6.45, 7) is 5.22. The van der Waals surface area contributed by atoms with Gasteiger partial charge in [-0.3, -0.25) is 0 Å². The van der Waals surface area contributed by atoms with Crippen LogP contribution in [-0.2, 0) is 0 Å². The summed E-state index contributed by atoms with van der Waals surface area (Å²) in [5, 5.41) is 0. The van der Waals surface area contributed by atoms with Crippen LogP contribution in [0.15, 0.2) is 48.5 Å². The summed E-state index contributed by atoms with van der Waals surface area (Å²) in [7, 11) is 0. The second-order valence-electron chi connectivity index (χ2n) is 7.02. The summed E-state index contributed by atoms with van der Waals surface area (Å²) in [5.41, 5.74) is 3.06. The van der Waals surface area contributed by atoms with Crippen LogP contribution in [0.2, 0.25) is 0 Å². The van der Waals surface area contributed by atoms with E-state index in [0.29, 0.717) is 0 Å². The molecule has 0 atom stereocenters. The molecule has 1 nitrogen and oxygen atoms in total. The van der Waals surface area contributed by atoms with Crippen molar-refractivity contribution in [2.75, 3.05) is 6.61 Å². The van der Waals surface area contributed by atoms with Gasteiger partial charge in [0.1, 0.15) is 5.75 Å². The molecule has 0 saturated carbocycles. The molecule has 0 unspecified atom stereocenters. The molecule has 1 heteroatoms. The fourth-order valence-electron chi connectivity index (χ4n) is 2.76. The molecule has 0 aliphatic carbocycles. The van der Waals surface area contributed by atoms with Crippen molar-refractivity contribution in [1.29, 1.82) is 0 Å². The molecule has 28 heavy (non-hydrogen) atoms. The molecule has 0 radical (unpaired) electrons. The quantitative estimate of drug-likeness (QED) is 0.341. The Kier molecular flexibility index (Phi) is 10.5. The third kappa shape index (κ3) is 8.83. The monoisotopic (exact) mass is 372 g/mol. The van der Waals surface area contributed by atoms with Crippen LogP contribution in [0.3, 0.4) is 0 Å². The lowest BCUT2D eigenvalue weighted by Gasteiger charge is -2.05. The Morgan fingerprint density at radius 1 is 0.607 bits per heavy atom. The molecule has 0 spiro atoms. The number of benzene rings is 2. The van der Waals surface area contributed by atoms with E-state index in [1.165, 1.54) is 38.5 Å². The normalized spacial score (nSPS) is 9.79. The minimum atomic E-state index is 0.791. The highest BCUT2D eigenvalue weighted by Gasteiger charge is 1.95. The Balaban J connectivity index is 1.82. The smallest absolute Gasteiger partial charge is 0.119 e. The van der Waals surface area contributed by atoms with Gasteiger partial charge < -0.3 is 4.74 Å². The van der Waals surface area contributed by atoms with Crippen LogP contribution >= 0.6 is 0 Å². The molecule has 0 N–H and O–H groups in total. The summed E-state index contributed by atoms with van der Waals surface area (Å²) < 4.78 is 5.78. The van der Waals surface area contributed by atoms with E-state index in [1.807, 2.05) is 48.5 Å². The first-order chi connectivity index (χ1) is 13.8. The zero-order valence-corrected chi connectivity index (χ0v) is 17.4. The Morgan fingerprint density at radius 2 is 1.14 bits per heavy atom.